The van der Waals surface area contributed by atoms with Gasteiger partial charge in [-0.25, -0.2) is 15.0 Å². The lowest BCUT2D eigenvalue weighted by Gasteiger charge is -2.09. The van der Waals surface area contributed by atoms with Gasteiger partial charge < -0.3 is 13.4 Å². The Morgan fingerprint density at radius 2 is 0.836 bits per heavy atom. The molecule has 61 heavy (non-hydrogen) atoms. The van der Waals surface area contributed by atoms with E-state index in [4.69, 9.17) is 23.8 Å². The van der Waals surface area contributed by atoms with Crippen LogP contribution >= 0.6 is 0 Å². The SMILES string of the molecule is c1ccc(-n2c3ccccc3c3c(-c4ccc5c(c4)oc4cc(-c6nc(-c7ccc8ccccc8c7)nc(-c7ccc8c(c7)oc7ccccc78)n6)ccc45)cccc32)cc1. The molecule has 13 rings (SSSR count). The smallest absolute Gasteiger partial charge is 0.164 e. The molecule has 4 heterocycles. The summed E-state index contributed by atoms with van der Waals surface area (Å²) in [4.78, 5) is 15.3. The first kappa shape index (κ1) is 33.6. The van der Waals surface area contributed by atoms with E-state index in [9.17, 15) is 0 Å². The van der Waals surface area contributed by atoms with Crippen LogP contribution in [-0.2, 0) is 0 Å². The first-order valence-electron chi connectivity index (χ1n) is 20.4. The summed E-state index contributed by atoms with van der Waals surface area (Å²) in [6.07, 6.45) is 0. The predicted octanol–water partition coefficient (Wildman–Crippen LogP) is 14.6. The molecule has 0 spiro atoms. The van der Waals surface area contributed by atoms with Crippen LogP contribution in [0.1, 0.15) is 0 Å². The van der Waals surface area contributed by atoms with Gasteiger partial charge in [-0.1, -0.05) is 121 Å². The minimum atomic E-state index is 0.558. The van der Waals surface area contributed by atoms with E-state index in [0.29, 0.717) is 17.5 Å². The first-order chi connectivity index (χ1) is 30.2. The number of fused-ring (bicyclic) bond motifs is 10. The Balaban J connectivity index is 0.949. The van der Waals surface area contributed by atoms with Crippen molar-refractivity contribution in [2.75, 3.05) is 0 Å². The average Bonchev–Trinajstić information content (AvgIpc) is 4.00. The molecule has 6 nitrogen and oxygen atoms in total. The molecule has 0 radical (unpaired) electrons. The number of hydrogen-bond donors (Lipinski definition) is 0. The van der Waals surface area contributed by atoms with E-state index in [1.807, 2.05) is 24.3 Å². The summed E-state index contributed by atoms with van der Waals surface area (Å²) in [5.74, 6) is 1.71. The topological polar surface area (TPSA) is 69.9 Å². The van der Waals surface area contributed by atoms with Crippen molar-refractivity contribution in [3.8, 4) is 51.0 Å². The summed E-state index contributed by atoms with van der Waals surface area (Å²) in [6.45, 7) is 0. The molecule has 0 aliphatic rings. The Morgan fingerprint density at radius 1 is 0.328 bits per heavy atom. The second-order valence-electron chi connectivity index (χ2n) is 15.6. The molecule has 284 valence electrons. The summed E-state index contributed by atoms with van der Waals surface area (Å²) in [7, 11) is 0. The van der Waals surface area contributed by atoms with Crippen molar-refractivity contribution >= 4 is 76.5 Å². The molecular weight excluding hydrogens is 749 g/mol. The highest BCUT2D eigenvalue weighted by Gasteiger charge is 2.19. The number of hydrogen-bond acceptors (Lipinski definition) is 5. The molecule has 9 aromatic carbocycles. The Morgan fingerprint density at radius 3 is 1.56 bits per heavy atom. The van der Waals surface area contributed by atoms with Gasteiger partial charge in [0.15, 0.2) is 17.5 Å². The molecule has 0 aliphatic heterocycles. The monoisotopic (exact) mass is 780 g/mol. The number of para-hydroxylation sites is 3. The highest BCUT2D eigenvalue weighted by molar-refractivity contribution is 6.16. The van der Waals surface area contributed by atoms with E-state index in [1.54, 1.807) is 0 Å². The van der Waals surface area contributed by atoms with Crippen LogP contribution in [0.25, 0.3) is 127 Å². The van der Waals surface area contributed by atoms with Gasteiger partial charge >= 0.3 is 0 Å². The summed E-state index contributed by atoms with van der Waals surface area (Å²) in [5.41, 5.74) is 11.5. The van der Waals surface area contributed by atoms with E-state index in [-0.39, 0.29) is 0 Å². The van der Waals surface area contributed by atoms with Gasteiger partial charge in [-0.3, -0.25) is 0 Å². The van der Waals surface area contributed by atoms with Crippen LogP contribution in [0, 0.1) is 0 Å². The van der Waals surface area contributed by atoms with Crippen molar-refractivity contribution < 1.29 is 8.83 Å². The second-order valence-corrected chi connectivity index (χ2v) is 15.6. The zero-order chi connectivity index (χ0) is 40.0. The molecule has 0 aliphatic carbocycles. The van der Waals surface area contributed by atoms with Gasteiger partial charge in [0.1, 0.15) is 22.3 Å². The minimum Gasteiger partial charge on any atom is -0.456 e. The fourth-order valence-electron chi connectivity index (χ4n) is 9.16. The van der Waals surface area contributed by atoms with Crippen molar-refractivity contribution in [2.45, 2.75) is 0 Å². The molecule has 6 heteroatoms. The Bertz CT molecular complexity index is 3900. The van der Waals surface area contributed by atoms with Gasteiger partial charge in [0.2, 0.25) is 0 Å². The molecule has 0 fully saturated rings. The fraction of sp³-hybridized carbons (Fsp3) is 0. The zero-order valence-corrected chi connectivity index (χ0v) is 32.6. The maximum Gasteiger partial charge on any atom is 0.164 e. The van der Waals surface area contributed by atoms with Gasteiger partial charge in [0.05, 0.1) is 11.0 Å². The van der Waals surface area contributed by atoms with E-state index in [1.165, 1.54) is 16.3 Å². The zero-order valence-electron chi connectivity index (χ0n) is 32.6. The average molecular weight is 781 g/mol. The van der Waals surface area contributed by atoms with Gasteiger partial charge in [-0.15, -0.1) is 0 Å². The first-order valence-corrected chi connectivity index (χ1v) is 20.4. The third kappa shape index (κ3) is 5.32. The third-order valence-corrected chi connectivity index (χ3v) is 12.0. The van der Waals surface area contributed by atoms with Crippen LogP contribution in [0.2, 0.25) is 0 Å². The lowest BCUT2D eigenvalue weighted by Crippen LogP contribution is -2.00. The Labute approximate surface area is 348 Å². The number of nitrogens with zero attached hydrogens (tertiary/aromatic N) is 4. The molecule has 0 bridgehead atoms. The van der Waals surface area contributed by atoms with Crippen LogP contribution < -0.4 is 0 Å². The second kappa shape index (κ2) is 13.1. The Kier molecular flexibility index (Phi) is 7.21. The lowest BCUT2D eigenvalue weighted by molar-refractivity contribution is 0.669. The van der Waals surface area contributed by atoms with Gasteiger partial charge in [-0.05, 0) is 94.7 Å². The molecule has 13 aromatic rings. The molecule has 0 atom stereocenters. The van der Waals surface area contributed by atoms with Crippen LogP contribution in [0.4, 0.5) is 0 Å². The van der Waals surface area contributed by atoms with E-state index >= 15 is 0 Å². The van der Waals surface area contributed by atoms with Gasteiger partial charge in [0, 0.05) is 54.7 Å². The fourth-order valence-corrected chi connectivity index (χ4v) is 9.16. The van der Waals surface area contributed by atoms with Crippen LogP contribution in [0.15, 0.2) is 203 Å². The molecular formula is C55H32N4O2. The molecule has 0 saturated carbocycles. The minimum absolute atomic E-state index is 0.558. The van der Waals surface area contributed by atoms with E-state index in [2.05, 4.69) is 174 Å². The molecule has 0 N–H and O–H groups in total. The van der Waals surface area contributed by atoms with E-state index in [0.717, 1.165) is 93.7 Å². The van der Waals surface area contributed by atoms with Gasteiger partial charge in [0.25, 0.3) is 0 Å². The highest BCUT2D eigenvalue weighted by Crippen LogP contribution is 2.41. The third-order valence-electron chi connectivity index (χ3n) is 12.0. The number of furan rings is 2. The van der Waals surface area contributed by atoms with Crippen molar-refractivity contribution in [3.63, 3.8) is 0 Å². The quantitative estimate of drug-likeness (QED) is 0.174. The standard InChI is InChI=1S/C55H32N4O2/c1-2-13-39(14-3-1)59-46-18-8-6-16-45(46)52-40(17-10-19-47(52)59)35-23-26-43-44-28-25-38(32-51(44)61-49(43)30-35)55-57-53(36-22-21-33-11-4-5-12-34(33)29-36)56-54(58-55)37-24-27-42-41-15-7-9-20-48(41)60-50(42)31-37/h1-32H. The summed E-state index contributed by atoms with van der Waals surface area (Å²) < 4.78 is 15.3. The van der Waals surface area contributed by atoms with Crippen LogP contribution in [0.5, 0.6) is 0 Å². The lowest BCUT2D eigenvalue weighted by atomic mass is 9.98. The van der Waals surface area contributed by atoms with Crippen molar-refractivity contribution in [2.24, 2.45) is 0 Å². The molecule has 0 saturated heterocycles. The van der Waals surface area contributed by atoms with E-state index < -0.39 is 0 Å². The summed E-state index contributed by atoms with van der Waals surface area (Å²) in [5, 5.41) is 8.92. The van der Waals surface area contributed by atoms with Crippen molar-refractivity contribution in [1.82, 2.24) is 19.5 Å². The number of aromatic nitrogens is 4. The summed E-state index contributed by atoms with van der Waals surface area (Å²) in [6, 6.07) is 67.5. The van der Waals surface area contributed by atoms with Crippen LogP contribution in [-0.4, -0.2) is 19.5 Å². The Hall–Kier alpha value is -8.35. The predicted molar refractivity (Wildman–Crippen MR) is 248 cm³/mol. The largest absolute Gasteiger partial charge is 0.456 e. The van der Waals surface area contributed by atoms with Crippen LogP contribution in [0.3, 0.4) is 0 Å². The number of benzene rings is 9. The highest BCUT2D eigenvalue weighted by atomic mass is 16.3. The maximum absolute atomic E-state index is 6.72. The molecule has 0 amide bonds. The van der Waals surface area contributed by atoms with Crippen molar-refractivity contribution in [1.29, 1.82) is 0 Å². The summed E-state index contributed by atoms with van der Waals surface area (Å²) >= 11 is 0. The van der Waals surface area contributed by atoms with Crippen molar-refractivity contribution in [3.05, 3.63) is 194 Å². The number of rotatable bonds is 5. The normalized spacial score (nSPS) is 11.9. The molecule has 0 unspecified atom stereocenters. The maximum atomic E-state index is 6.72. The van der Waals surface area contributed by atoms with Gasteiger partial charge in [-0.2, -0.15) is 0 Å². The molecule has 4 aromatic heterocycles.